The Morgan fingerprint density at radius 1 is 1.05 bits per heavy atom. The first kappa shape index (κ1) is 13.7. The van der Waals surface area contributed by atoms with Gasteiger partial charge in [-0.3, -0.25) is 4.79 Å². The van der Waals surface area contributed by atoms with Crippen molar-refractivity contribution in [2.75, 3.05) is 25.0 Å². The van der Waals surface area contributed by atoms with Crippen molar-refractivity contribution in [3.63, 3.8) is 0 Å². The molecule has 1 saturated heterocycles. The van der Waals surface area contributed by atoms with E-state index in [1.807, 2.05) is 41.3 Å². The Kier molecular flexibility index (Phi) is 4.20. The molecule has 1 fully saturated rings. The van der Waals surface area contributed by atoms with Crippen LogP contribution in [0.4, 0.5) is 5.69 Å². The van der Waals surface area contributed by atoms with Crippen LogP contribution in [0, 0.1) is 0 Å². The predicted molar refractivity (Wildman–Crippen MR) is 85.3 cm³/mol. The molecule has 0 bridgehead atoms. The molecule has 1 aliphatic rings. The molecule has 0 aliphatic carbocycles. The van der Waals surface area contributed by atoms with Crippen LogP contribution in [-0.2, 0) is 4.79 Å². The number of carbonyl (C=O) groups excluding carboxylic acids is 1. The first-order chi connectivity index (χ1) is 10.3. The van der Waals surface area contributed by atoms with Crippen LogP contribution in [0.25, 0.3) is 0 Å². The van der Waals surface area contributed by atoms with Crippen molar-refractivity contribution in [2.45, 2.75) is 12.3 Å². The first-order valence-corrected chi connectivity index (χ1v) is 7.44. The molecule has 0 saturated carbocycles. The molecule has 108 valence electrons. The van der Waals surface area contributed by atoms with Crippen LogP contribution in [0.3, 0.4) is 0 Å². The maximum absolute atomic E-state index is 12.3. The van der Waals surface area contributed by atoms with E-state index in [1.165, 1.54) is 5.56 Å². The predicted octanol–water partition coefficient (Wildman–Crippen LogP) is 3.11. The minimum atomic E-state index is 0.178. The largest absolute Gasteiger partial charge is 0.376 e. The Balaban J connectivity index is 1.53. The molecule has 3 heteroatoms. The average molecular weight is 280 g/mol. The molecular weight excluding hydrogens is 260 g/mol. The smallest absolute Gasteiger partial charge is 0.241 e. The van der Waals surface area contributed by atoms with Gasteiger partial charge >= 0.3 is 0 Å². The molecule has 2 aromatic rings. The van der Waals surface area contributed by atoms with Gasteiger partial charge in [0.2, 0.25) is 5.91 Å². The molecule has 1 heterocycles. The van der Waals surface area contributed by atoms with Gasteiger partial charge in [0.25, 0.3) is 0 Å². The molecule has 1 amide bonds. The van der Waals surface area contributed by atoms with Crippen molar-refractivity contribution < 1.29 is 4.79 Å². The van der Waals surface area contributed by atoms with Crippen LogP contribution >= 0.6 is 0 Å². The van der Waals surface area contributed by atoms with Crippen molar-refractivity contribution in [1.29, 1.82) is 0 Å². The standard InChI is InChI=1S/C18H20N2O/c21-18(13-19-17-9-5-2-6-10-17)20-12-11-16(14-20)15-7-3-1-4-8-15/h1-10,16,19H,11-14H2. The van der Waals surface area contributed by atoms with E-state index < -0.39 is 0 Å². The number of amides is 1. The zero-order valence-corrected chi connectivity index (χ0v) is 12.0. The first-order valence-electron chi connectivity index (χ1n) is 7.44. The summed E-state index contributed by atoms with van der Waals surface area (Å²) in [5.41, 5.74) is 2.33. The van der Waals surface area contributed by atoms with E-state index in [2.05, 4.69) is 29.6 Å². The van der Waals surface area contributed by atoms with E-state index in [-0.39, 0.29) is 5.91 Å². The summed E-state index contributed by atoms with van der Waals surface area (Å²) in [6.45, 7) is 2.06. The summed E-state index contributed by atoms with van der Waals surface area (Å²) in [4.78, 5) is 14.2. The van der Waals surface area contributed by atoms with Crippen LogP contribution in [0.2, 0.25) is 0 Å². The molecule has 0 radical (unpaired) electrons. The van der Waals surface area contributed by atoms with Gasteiger partial charge in [-0.1, -0.05) is 48.5 Å². The molecule has 1 N–H and O–H groups in total. The van der Waals surface area contributed by atoms with E-state index in [1.54, 1.807) is 0 Å². The number of hydrogen-bond acceptors (Lipinski definition) is 2. The third-order valence-electron chi connectivity index (χ3n) is 4.03. The zero-order chi connectivity index (χ0) is 14.5. The van der Waals surface area contributed by atoms with Gasteiger partial charge in [-0.25, -0.2) is 0 Å². The Hall–Kier alpha value is -2.29. The Bertz CT molecular complexity index is 583. The van der Waals surface area contributed by atoms with E-state index in [9.17, 15) is 4.79 Å². The van der Waals surface area contributed by atoms with Gasteiger partial charge in [0, 0.05) is 24.7 Å². The van der Waals surface area contributed by atoms with Gasteiger partial charge in [-0.2, -0.15) is 0 Å². The van der Waals surface area contributed by atoms with Gasteiger partial charge in [-0.05, 0) is 24.1 Å². The maximum Gasteiger partial charge on any atom is 0.241 e. The Morgan fingerprint density at radius 2 is 1.71 bits per heavy atom. The SMILES string of the molecule is O=C(CNc1ccccc1)N1CCC(c2ccccc2)C1. The molecular formula is C18H20N2O. The molecule has 0 spiro atoms. The van der Waals surface area contributed by atoms with Gasteiger partial charge in [0.15, 0.2) is 0 Å². The molecule has 21 heavy (non-hydrogen) atoms. The number of nitrogens with zero attached hydrogens (tertiary/aromatic N) is 1. The van der Waals surface area contributed by atoms with Crippen LogP contribution in [0.5, 0.6) is 0 Å². The number of rotatable bonds is 4. The highest BCUT2D eigenvalue weighted by Crippen LogP contribution is 2.26. The summed E-state index contributed by atoms with van der Waals surface area (Å²) in [6.07, 6.45) is 1.06. The number of anilines is 1. The van der Waals surface area contributed by atoms with Crippen molar-refractivity contribution in [3.05, 3.63) is 66.2 Å². The van der Waals surface area contributed by atoms with Crippen molar-refractivity contribution in [2.24, 2.45) is 0 Å². The van der Waals surface area contributed by atoms with Crippen LogP contribution in [0.1, 0.15) is 17.9 Å². The fourth-order valence-electron chi connectivity index (χ4n) is 2.83. The molecule has 2 aromatic carbocycles. The van der Waals surface area contributed by atoms with Crippen LogP contribution in [0.15, 0.2) is 60.7 Å². The molecule has 1 unspecified atom stereocenters. The van der Waals surface area contributed by atoms with E-state index >= 15 is 0 Å². The summed E-state index contributed by atoms with van der Waals surface area (Å²) in [5, 5.41) is 3.18. The van der Waals surface area contributed by atoms with E-state index in [0.717, 1.165) is 25.2 Å². The summed E-state index contributed by atoms with van der Waals surface area (Å²) in [6, 6.07) is 20.3. The lowest BCUT2D eigenvalue weighted by Crippen LogP contribution is -2.33. The number of carbonyl (C=O) groups is 1. The lowest BCUT2D eigenvalue weighted by Gasteiger charge is -2.17. The summed E-state index contributed by atoms with van der Waals surface area (Å²) >= 11 is 0. The quantitative estimate of drug-likeness (QED) is 0.933. The van der Waals surface area contributed by atoms with Crippen molar-refractivity contribution >= 4 is 11.6 Å². The Morgan fingerprint density at radius 3 is 2.43 bits per heavy atom. The molecule has 1 aliphatic heterocycles. The fraction of sp³-hybridized carbons (Fsp3) is 0.278. The highest BCUT2D eigenvalue weighted by Gasteiger charge is 2.26. The molecule has 3 nitrogen and oxygen atoms in total. The van der Waals surface area contributed by atoms with Crippen molar-refractivity contribution in [3.8, 4) is 0 Å². The van der Waals surface area contributed by atoms with Crippen LogP contribution in [-0.4, -0.2) is 30.4 Å². The summed E-state index contributed by atoms with van der Waals surface area (Å²) in [7, 11) is 0. The third kappa shape index (κ3) is 3.43. The normalized spacial score (nSPS) is 17.7. The molecule has 0 aromatic heterocycles. The lowest BCUT2D eigenvalue weighted by atomic mass is 9.99. The van der Waals surface area contributed by atoms with E-state index in [4.69, 9.17) is 0 Å². The summed E-state index contributed by atoms with van der Waals surface area (Å²) in [5.74, 6) is 0.657. The number of likely N-dealkylation sites (tertiary alicyclic amines) is 1. The van der Waals surface area contributed by atoms with Crippen LogP contribution < -0.4 is 5.32 Å². The average Bonchev–Trinajstić information content (AvgIpc) is 3.04. The fourth-order valence-corrected chi connectivity index (χ4v) is 2.83. The van der Waals surface area contributed by atoms with Gasteiger partial charge in [0.05, 0.1) is 6.54 Å². The number of nitrogens with one attached hydrogen (secondary N) is 1. The van der Waals surface area contributed by atoms with Crippen molar-refractivity contribution in [1.82, 2.24) is 4.90 Å². The third-order valence-corrected chi connectivity index (χ3v) is 4.03. The lowest BCUT2D eigenvalue weighted by molar-refractivity contribution is -0.128. The number of benzene rings is 2. The number of para-hydroxylation sites is 1. The highest BCUT2D eigenvalue weighted by molar-refractivity contribution is 5.81. The monoisotopic (exact) mass is 280 g/mol. The maximum atomic E-state index is 12.3. The number of hydrogen-bond donors (Lipinski definition) is 1. The molecule has 3 rings (SSSR count). The second kappa shape index (κ2) is 6.44. The second-order valence-electron chi connectivity index (χ2n) is 5.46. The minimum absolute atomic E-state index is 0.178. The summed E-state index contributed by atoms with van der Waals surface area (Å²) < 4.78 is 0. The topological polar surface area (TPSA) is 32.3 Å². The minimum Gasteiger partial charge on any atom is -0.376 e. The Labute approximate surface area is 125 Å². The second-order valence-corrected chi connectivity index (χ2v) is 5.46. The van der Waals surface area contributed by atoms with Gasteiger partial charge in [0.1, 0.15) is 0 Å². The van der Waals surface area contributed by atoms with Gasteiger partial charge < -0.3 is 10.2 Å². The highest BCUT2D eigenvalue weighted by atomic mass is 16.2. The van der Waals surface area contributed by atoms with E-state index in [0.29, 0.717) is 12.5 Å². The molecule has 1 atom stereocenters. The van der Waals surface area contributed by atoms with Gasteiger partial charge in [-0.15, -0.1) is 0 Å². The zero-order valence-electron chi connectivity index (χ0n) is 12.0.